The normalized spacial score (nSPS) is 20.8. The number of rotatable bonds is 5. The number of hydrogen-bond acceptors (Lipinski definition) is 3. The quantitative estimate of drug-likeness (QED) is 0.648. The third-order valence-electron chi connectivity index (χ3n) is 4.19. The highest BCUT2D eigenvalue weighted by Crippen LogP contribution is 2.23. The van der Waals surface area contributed by atoms with E-state index in [0.717, 1.165) is 25.3 Å². The molecule has 0 spiro atoms. The first-order valence-corrected chi connectivity index (χ1v) is 8.43. The minimum absolute atomic E-state index is 0.108. The fourth-order valence-electron chi connectivity index (χ4n) is 2.79. The molecule has 24 heavy (non-hydrogen) atoms. The van der Waals surface area contributed by atoms with E-state index in [-0.39, 0.29) is 29.1 Å². The van der Waals surface area contributed by atoms with Gasteiger partial charge < -0.3 is 10.1 Å². The lowest BCUT2D eigenvalue weighted by Crippen LogP contribution is -2.42. The number of halogens is 2. The van der Waals surface area contributed by atoms with Crippen LogP contribution < -0.4 is 5.32 Å². The van der Waals surface area contributed by atoms with Crippen LogP contribution in [0.25, 0.3) is 6.08 Å². The summed E-state index contributed by atoms with van der Waals surface area (Å²) in [6.07, 6.45) is 6.62. The molecule has 1 aliphatic rings. The Morgan fingerprint density at radius 2 is 2.12 bits per heavy atom. The lowest BCUT2D eigenvalue weighted by molar-refractivity contribution is -0.144. The summed E-state index contributed by atoms with van der Waals surface area (Å²) in [7, 11) is 0. The SMILES string of the molecule is C[C@@H]1CCCC[C@H]1NC(=O)COC(=O)/C=C/c1c(F)cccc1Cl. The van der Waals surface area contributed by atoms with Crippen molar-refractivity contribution in [1.29, 1.82) is 0 Å². The molecular weight excluding hydrogens is 333 g/mol. The molecule has 1 aromatic carbocycles. The van der Waals surface area contributed by atoms with E-state index in [1.807, 2.05) is 0 Å². The molecule has 0 radical (unpaired) electrons. The summed E-state index contributed by atoms with van der Waals surface area (Å²) in [5.74, 6) is -1.14. The van der Waals surface area contributed by atoms with Crippen LogP contribution in [0.5, 0.6) is 0 Å². The van der Waals surface area contributed by atoms with Crippen LogP contribution in [-0.4, -0.2) is 24.5 Å². The third-order valence-corrected chi connectivity index (χ3v) is 4.52. The molecule has 6 heteroatoms. The van der Waals surface area contributed by atoms with Gasteiger partial charge in [0.2, 0.25) is 0 Å². The molecule has 1 amide bonds. The molecule has 1 fully saturated rings. The number of amides is 1. The summed E-state index contributed by atoms with van der Waals surface area (Å²) in [5, 5.41) is 3.09. The van der Waals surface area contributed by atoms with E-state index in [1.165, 1.54) is 30.7 Å². The maximum absolute atomic E-state index is 13.6. The lowest BCUT2D eigenvalue weighted by Gasteiger charge is -2.29. The summed E-state index contributed by atoms with van der Waals surface area (Å²) in [6.45, 7) is 1.76. The molecule has 0 bridgehead atoms. The fraction of sp³-hybridized carbons (Fsp3) is 0.444. The molecular formula is C18H21ClFNO3. The highest BCUT2D eigenvalue weighted by molar-refractivity contribution is 6.32. The Morgan fingerprint density at radius 1 is 1.38 bits per heavy atom. The predicted octanol–water partition coefficient (Wildman–Crippen LogP) is 3.73. The Morgan fingerprint density at radius 3 is 2.83 bits per heavy atom. The van der Waals surface area contributed by atoms with E-state index in [4.69, 9.17) is 16.3 Å². The molecule has 1 N–H and O–H groups in total. The Bertz CT molecular complexity index is 612. The van der Waals surface area contributed by atoms with Crippen molar-refractivity contribution in [2.75, 3.05) is 6.61 Å². The van der Waals surface area contributed by atoms with Crippen LogP contribution in [0, 0.1) is 11.7 Å². The highest BCUT2D eigenvalue weighted by atomic mass is 35.5. The second-order valence-electron chi connectivity index (χ2n) is 6.01. The average molecular weight is 354 g/mol. The molecule has 0 saturated heterocycles. The van der Waals surface area contributed by atoms with Crippen molar-refractivity contribution in [3.05, 3.63) is 40.7 Å². The number of esters is 1. The molecule has 0 aromatic heterocycles. The molecule has 1 aromatic rings. The lowest BCUT2D eigenvalue weighted by atomic mass is 9.86. The topological polar surface area (TPSA) is 55.4 Å². The fourth-order valence-corrected chi connectivity index (χ4v) is 3.01. The van der Waals surface area contributed by atoms with Crippen molar-refractivity contribution < 1.29 is 18.7 Å². The van der Waals surface area contributed by atoms with Gasteiger partial charge in [0, 0.05) is 17.7 Å². The van der Waals surface area contributed by atoms with Crippen molar-refractivity contribution in [1.82, 2.24) is 5.32 Å². The predicted molar refractivity (Wildman–Crippen MR) is 91.0 cm³/mol. The zero-order valence-electron chi connectivity index (χ0n) is 13.6. The first-order valence-electron chi connectivity index (χ1n) is 8.05. The summed E-state index contributed by atoms with van der Waals surface area (Å²) in [4.78, 5) is 23.5. The molecule has 1 aliphatic carbocycles. The zero-order chi connectivity index (χ0) is 17.5. The number of carbonyl (C=O) groups excluding carboxylic acids is 2. The van der Waals surface area contributed by atoms with Crippen molar-refractivity contribution in [3.63, 3.8) is 0 Å². The van der Waals surface area contributed by atoms with Crippen LogP contribution in [-0.2, 0) is 14.3 Å². The van der Waals surface area contributed by atoms with E-state index in [9.17, 15) is 14.0 Å². The van der Waals surface area contributed by atoms with Gasteiger partial charge in [-0.05, 0) is 37.0 Å². The van der Waals surface area contributed by atoms with E-state index in [1.54, 1.807) is 0 Å². The second kappa shape index (κ2) is 8.83. The van der Waals surface area contributed by atoms with Crippen LogP contribution in [0.1, 0.15) is 38.2 Å². The van der Waals surface area contributed by atoms with Crippen LogP contribution in [0.15, 0.2) is 24.3 Å². The number of carbonyl (C=O) groups is 2. The minimum Gasteiger partial charge on any atom is -0.452 e. The third kappa shape index (κ3) is 5.34. The van der Waals surface area contributed by atoms with Gasteiger partial charge >= 0.3 is 5.97 Å². The van der Waals surface area contributed by atoms with Gasteiger partial charge in [0.05, 0.1) is 5.02 Å². The van der Waals surface area contributed by atoms with Crippen LogP contribution >= 0.6 is 11.6 Å². The maximum atomic E-state index is 13.6. The molecule has 1 saturated carbocycles. The molecule has 130 valence electrons. The van der Waals surface area contributed by atoms with Gasteiger partial charge in [-0.15, -0.1) is 0 Å². The Labute approximate surface area is 146 Å². The number of benzene rings is 1. The first kappa shape index (κ1) is 18.5. The largest absolute Gasteiger partial charge is 0.452 e. The van der Waals surface area contributed by atoms with Crippen molar-refractivity contribution in [3.8, 4) is 0 Å². The van der Waals surface area contributed by atoms with Crippen molar-refractivity contribution in [2.45, 2.75) is 38.6 Å². The van der Waals surface area contributed by atoms with Gasteiger partial charge in [-0.2, -0.15) is 0 Å². The van der Waals surface area contributed by atoms with E-state index < -0.39 is 11.8 Å². The molecule has 4 nitrogen and oxygen atoms in total. The Hall–Kier alpha value is -1.88. The average Bonchev–Trinajstić information content (AvgIpc) is 2.54. The summed E-state index contributed by atoms with van der Waals surface area (Å²) in [6, 6.07) is 4.38. The molecule has 0 unspecified atom stereocenters. The van der Waals surface area contributed by atoms with E-state index in [2.05, 4.69) is 12.2 Å². The highest BCUT2D eigenvalue weighted by Gasteiger charge is 2.22. The Balaban J connectivity index is 1.80. The van der Waals surface area contributed by atoms with Crippen LogP contribution in [0.4, 0.5) is 4.39 Å². The standard InChI is InChI=1S/C18H21ClFNO3/c1-12-5-2-3-8-16(12)21-17(22)11-24-18(23)10-9-13-14(19)6-4-7-15(13)20/h4,6-7,9-10,12,16H,2-3,5,8,11H2,1H3,(H,21,22)/b10-9+/t12-,16-/m1/s1. The van der Waals surface area contributed by atoms with Gasteiger partial charge in [0.15, 0.2) is 6.61 Å². The second-order valence-corrected chi connectivity index (χ2v) is 6.42. The number of ether oxygens (including phenoxy) is 1. The van der Waals surface area contributed by atoms with Gasteiger partial charge in [-0.25, -0.2) is 9.18 Å². The van der Waals surface area contributed by atoms with Crippen molar-refractivity contribution in [2.24, 2.45) is 5.92 Å². The zero-order valence-corrected chi connectivity index (χ0v) is 14.3. The summed E-state index contributed by atoms with van der Waals surface area (Å²) in [5.41, 5.74) is 0.108. The summed E-state index contributed by atoms with van der Waals surface area (Å²) < 4.78 is 18.4. The minimum atomic E-state index is -0.721. The monoisotopic (exact) mass is 353 g/mol. The van der Waals surface area contributed by atoms with E-state index >= 15 is 0 Å². The first-order chi connectivity index (χ1) is 11.5. The molecule has 0 aliphatic heterocycles. The van der Waals surface area contributed by atoms with Gasteiger partial charge in [-0.1, -0.05) is 37.4 Å². The van der Waals surface area contributed by atoms with Crippen molar-refractivity contribution >= 4 is 29.6 Å². The number of nitrogens with one attached hydrogen (secondary N) is 1. The van der Waals surface area contributed by atoms with E-state index in [0.29, 0.717) is 5.92 Å². The van der Waals surface area contributed by atoms with Crippen LogP contribution in [0.3, 0.4) is 0 Å². The van der Waals surface area contributed by atoms with Gasteiger partial charge in [0.1, 0.15) is 5.82 Å². The molecule has 2 atom stereocenters. The molecule has 2 rings (SSSR count). The summed E-state index contributed by atoms with van der Waals surface area (Å²) >= 11 is 5.86. The van der Waals surface area contributed by atoms with Gasteiger partial charge in [-0.3, -0.25) is 4.79 Å². The Kier molecular flexibility index (Phi) is 6.79. The molecule has 0 heterocycles. The number of hydrogen-bond donors (Lipinski definition) is 1. The van der Waals surface area contributed by atoms with Crippen LogP contribution in [0.2, 0.25) is 5.02 Å². The smallest absolute Gasteiger partial charge is 0.331 e. The maximum Gasteiger partial charge on any atom is 0.331 e. The van der Waals surface area contributed by atoms with Gasteiger partial charge in [0.25, 0.3) is 5.91 Å².